The first kappa shape index (κ1) is 14.3. The van der Waals surface area contributed by atoms with Crippen molar-refractivity contribution in [2.24, 2.45) is 5.92 Å². The molecule has 0 saturated carbocycles. The highest BCUT2D eigenvalue weighted by Crippen LogP contribution is 2.22. The first-order chi connectivity index (χ1) is 7.91. The molecule has 0 heterocycles. The van der Waals surface area contributed by atoms with E-state index < -0.39 is 0 Å². The van der Waals surface area contributed by atoms with Gasteiger partial charge in [-0.05, 0) is 24.1 Å². The third-order valence-electron chi connectivity index (χ3n) is 2.39. The Hall–Kier alpha value is -0.740. The van der Waals surface area contributed by atoms with Crippen molar-refractivity contribution in [1.82, 2.24) is 5.32 Å². The number of aromatic hydroxyl groups is 1. The first-order valence-electron chi connectivity index (χ1n) is 5.32. The number of carbonyl (C=O) groups excluding carboxylic acids is 1. The summed E-state index contributed by atoms with van der Waals surface area (Å²) in [6.07, 6.45) is 0. The summed E-state index contributed by atoms with van der Waals surface area (Å²) in [6, 6.07) is 4.75. The number of amides is 1. The van der Waals surface area contributed by atoms with Crippen molar-refractivity contribution in [2.45, 2.75) is 19.2 Å². The van der Waals surface area contributed by atoms with Crippen molar-refractivity contribution in [2.75, 3.05) is 6.54 Å². The van der Waals surface area contributed by atoms with Crippen LogP contribution in [0.5, 0.6) is 5.75 Å². The van der Waals surface area contributed by atoms with E-state index in [0.29, 0.717) is 6.54 Å². The molecular formula is C12H15BrClNO2. The van der Waals surface area contributed by atoms with Crippen LogP contribution in [0.2, 0.25) is 0 Å². The highest BCUT2D eigenvalue weighted by Gasteiger charge is 2.14. The van der Waals surface area contributed by atoms with E-state index in [1.54, 1.807) is 12.1 Å². The zero-order valence-electron chi connectivity index (χ0n) is 9.71. The Bertz CT molecular complexity index is 409. The average molecular weight is 321 g/mol. The van der Waals surface area contributed by atoms with Gasteiger partial charge in [-0.3, -0.25) is 4.79 Å². The Morgan fingerprint density at radius 1 is 1.53 bits per heavy atom. The maximum Gasteiger partial charge on any atom is 0.255 e. The van der Waals surface area contributed by atoms with E-state index in [-0.39, 0.29) is 28.5 Å². The van der Waals surface area contributed by atoms with E-state index in [2.05, 4.69) is 21.2 Å². The second-order valence-electron chi connectivity index (χ2n) is 4.13. The zero-order chi connectivity index (χ0) is 13.0. The minimum absolute atomic E-state index is 0.0486. The molecule has 1 aromatic carbocycles. The van der Waals surface area contributed by atoms with Crippen LogP contribution in [-0.2, 0) is 0 Å². The van der Waals surface area contributed by atoms with Gasteiger partial charge < -0.3 is 10.4 Å². The molecule has 0 aliphatic heterocycles. The molecule has 0 saturated heterocycles. The molecule has 17 heavy (non-hydrogen) atoms. The number of hydrogen-bond donors (Lipinski definition) is 2. The van der Waals surface area contributed by atoms with Gasteiger partial charge in [0.05, 0.1) is 10.9 Å². The van der Waals surface area contributed by atoms with Crippen molar-refractivity contribution < 1.29 is 9.90 Å². The van der Waals surface area contributed by atoms with Crippen molar-refractivity contribution in [3.63, 3.8) is 0 Å². The number of phenols is 1. The molecule has 1 amide bonds. The minimum Gasteiger partial charge on any atom is -0.507 e. The van der Waals surface area contributed by atoms with Crippen molar-refractivity contribution in [1.29, 1.82) is 0 Å². The summed E-state index contributed by atoms with van der Waals surface area (Å²) < 4.78 is 0.726. The Morgan fingerprint density at radius 3 is 2.71 bits per heavy atom. The number of nitrogens with one attached hydrogen (secondary N) is 1. The third-order valence-corrected chi connectivity index (χ3v) is 3.54. The number of halogens is 2. The number of rotatable bonds is 4. The zero-order valence-corrected chi connectivity index (χ0v) is 12.0. The van der Waals surface area contributed by atoms with Gasteiger partial charge in [-0.2, -0.15) is 0 Å². The van der Waals surface area contributed by atoms with E-state index in [4.69, 9.17) is 11.6 Å². The molecule has 0 aliphatic rings. The lowest BCUT2D eigenvalue weighted by molar-refractivity contribution is 0.0949. The van der Waals surface area contributed by atoms with Gasteiger partial charge in [0.15, 0.2) is 0 Å². The predicted molar refractivity (Wildman–Crippen MR) is 72.6 cm³/mol. The molecule has 1 aromatic rings. The lowest BCUT2D eigenvalue weighted by Gasteiger charge is -2.14. The Labute approximate surface area is 114 Å². The van der Waals surface area contributed by atoms with Crippen LogP contribution >= 0.6 is 27.5 Å². The number of benzene rings is 1. The molecule has 2 N–H and O–H groups in total. The number of phenolic OH excluding ortho intramolecular Hbond substituents is 1. The number of alkyl halides is 1. The molecule has 0 spiro atoms. The fourth-order valence-electron chi connectivity index (χ4n) is 1.22. The summed E-state index contributed by atoms with van der Waals surface area (Å²) in [6.45, 7) is 4.36. The Balaban J connectivity index is 2.64. The van der Waals surface area contributed by atoms with Crippen molar-refractivity contribution in [3.05, 3.63) is 28.2 Å². The highest BCUT2D eigenvalue weighted by molar-refractivity contribution is 9.10. The summed E-state index contributed by atoms with van der Waals surface area (Å²) in [7, 11) is 0. The van der Waals surface area contributed by atoms with Gasteiger partial charge >= 0.3 is 0 Å². The largest absolute Gasteiger partial charge is 0.507 e. The van der Waals surface area contributed by atoms with Crippen LogP contribution in [-0.4, -0.2) is 22.9 Å². The fraction of sp³-hybridized carbons (Fsp3) is 0.417. The fourth-order valence-corrected chi connectivity index (χ4v) is 1.64. The van der Waals surface area contributed by atoms with Crippen LogP contribution in [0.3, 0.4) is 0 Å². The molecule has 0 fully saturated rings. The third kappa shape index (κ3) is 4.21. The first-order valence-corrected chi connectivity index (χ1v) is 6.55. The molecule has 1 rings (SSSR count). The summed E-state index contributed by atoms with van der Waals surface area (Å²) in [5.41, 5.74) is 0.251. The van der Waals surface area contributed by atoms with Gasteiger partial charge in [-0.1, -0.05) is 29.8 Å². The number of carbonyl (C=O) groups is 1. The van der Waals surface area contributed by atoms with E-state index in [1.807, 2.05) is 13.8 Å². The van der Waals surface area contributed by atoms with Crippen molar-refractivity contribution in [3.8, 4) is 5.75 Å². The summed E-state index contributed by atoms with van der Waals surface area (Å²) in [4.78, 5) is 11.8. The summed E-state index contributed by atoms with van der Waals surface area (Å²) in [5.74, 6) is -0.0793. The van der Waals surface area contributed by atoms with Crippen LogP contribution < -0.4 is 5.32 Å². The average Bonchev–Trinajstić information content (AvgIpc) is 2.25. The van der Waals surface area contributed by atoms with Crippen molar-refractivity contribution >= 4 is 33.4 Å². The molecule has 0 bridgehead atoms. The molecule has 0 radical (unpaired) electrons. The van der Waals surface area contributed by atoms with Crippen LogP contribution in [0.4, 0.5) is 0 Å². The second-order valence-corrected chi connectivity index (χ2v) is 5.61. The highest BCUT2D eigenvalue weighted by atomic mass is 79.9. The van der Waals surface area contributed by atoms with Crippen LogP contribution in [0, 0.1) is 5.92 Å². The summed E-state index contributed by atoms with van der Waals surface area (Å²) >= 11 is 9.24. The van der Waals surface area contributed by atoms with E-state index in [1.165, 1.54) is 6.07 Å². The monoisotopic (exact) mass is 319 g/mol. The normalized spacial score (nSPS) is 12.5. The van der Waals surface area contributed by atoms with Gasteiger partial charge in [-0.15, -0.1) is 11.6 Å². The van der Waals surface area contributed by atoms with Gasteiger partial charge in [0, 0.05) is 11.0 Å². The van der Waals surface area contributed by atoms with Gasteiger partial charge in [0.25, 0.3) is 5.91 Å². The molecule has 0 aromatic heterocycles. The summed E-state index contributed by atoms with van der Waals surface area (Å²) in [5, 5.41) is 12.2. The van der Waals surface area contributed by atoms with Gasteiger partial charge in [0.2, 0.25) is 0 Å². The van der Waals surface area contributed by atoms with Crippen LogP contribution in [0.1, 0.15) is 24.2 Å². The van der Waals surface area contributed by atoms with Gasteiger partial charge in [-0.25, -0.2) is 0 Å². The molecule has 5 heteroatoms. The smallest absolute Gasteiger partial charge is 0.255 e. The maximum atomic E-state index is 11.8. The number of hydrogen-bond acceptors (Lipinski definition) is 2. The van der Waals surface area contributed by atoms with E-state index >= 15 is 0 Å². The standard InChI is InChI=1S/C12H15BrClNO2/c1-7(2)10(14)6-15-12(17)9-4-3-8(13)5-11(9)16/h3-5,7,10,16H,6H2,1-2H3,(H,15,17). The lowest BCUT2D eigenvalue weighted by atomic mass is 10.1. The van der Waals surface area contributed by atoms with E-state index in [0.717, 1.165) is 4.47 Å². The molecule has 1 unspecified atom stereocenters. The maximum absolute atomic E-state index is 11.8. The van der Waals surface area contributed by atoms with E-state index in [9.17, 15) is 9.90 Å². The predicted octanol–water partition coefficient (Wildman–Crippen LogP) is 3.15. The minimum atomic E-state index is -0.318. The lowest BCUT2D eigenvalue weighted by Crippen LogP contribution is -2.31. The topological polar surface area (TPSA) is 49.3 Å². The molecular weight excluding hydrogens is 305 g/mol. The molecule has 1 atom stereocenters. The Morgan fingerprint density at radius 2 is 2.18 bits per heavy atom. The molecule has 94 valence electrons. The Kier molecular flexibility index (Phi) is 5.28. The second kappa shape index (κ2) is 6.26. The quantitative estimate of drug-likeness (QED) is 0.837. The van der Waals surface area contributed by atoms with Gasteiger partial charge in [0.1, 0.15) is 5.75 Å². The van der Waals surface area contributed by atoms with Crippen LogP contribution in [0.15, 0.2) is 22.7 Å². The SMILES string of the molecule is CC(C)C(Cl)CNC(=O)c1ccc(Br)cc1O. The van der Waals surface area contributed by atoms with Crippen LogP contribution in [0.25, 0.3) is 0 Å². The molecule has 3 nitrogen and oxygen atoms in total. The molecule has 0 aliphatic carbocycles.